The van der Waals surface area contributed by atoms with Crippen molar-refractivity contribution in [1.29, 1.82) is 0 Å². The van der Waals surface area contributed by atoms with Crippen molar-refractivity contribution in [3.05, 3.63) is 0 Å². The summed E-state index contributed by atoms with van der Waals surface area (Å²) in [6.45, 7) is 3.18. The summed E-state index contributed by atoms with van der Waals surface area (Å²) in [5, 5.41) is 11.5. The van der Waals surface area contributed by atoms with Crippen LogP contribution in [0.25, 0.3) is 0 Å². The largest absolute Gasteiger partial charge is 0.481 e. The molecule has 6 nitrogen and oxygen atoms in total. The maximum atomic E-state index is 12.0. The molecule has 18 heavy (non-hydrogen) atoms. The molecule has 0 bridgehead atoms. The van der Waals surface area contributed by atoms with Gasteiger partial charge in [-0.25, -0.2) is 4.79 Å². The molecule has 1 aliphatic carbocycles. The third-order valence-corrected chi connectivity index (χ3v) is 3.97. The first-order chi connectivity index (χ1) is 8.29. The van der Waals surface area contributed by atoms with E-state index in [2.05, 4.69) is 5.32 Å². The van der Waals surface area contributed by atoms with Crippen molar-refractivity contribution in [1.82, 2.24) is 10.2 Å². The number of carboxylic acids is 1. The topological polar surface area (TPSA) is 86.7 Å². The van der Waals surface area contributed by atoms with Crippen molar-refractivity contribution in [2.24, 2.45) is 5.41 Å². The summed E-state index contributed by atoms with van der Waals surface area (Å²) in [7, 11) is 0. The van der Waals surface area contributed by atoms with E-state index < -0.39 is 23.0 Å². The van der Waals surface area contributed by atoms with Crippen LogP contribution < -0.4 is 5.32 Å². The number of hydrogen-bond donors (Lipinski definition) is 2. The van der Waals surface area contributed by atoms with E-state index in [0.717, 1.165) is 12.8 Å². The van der Waals surface area contributed by atoms with Gasteiger partial charge >= 0.3 is 12.0 Å². The van der Waals surface area contributed by atoms with Crippen LogP contribution in [0.15, 0.2) is 0 Å². The molecule has 100 valence electrons. The lowest BCUT2D eigenvalue weighted by molar-refractivity contribution is -0.148. The number of carbonyl (C=O) groups is 3. The van der Waals surface area contributed by atoms with Gasteiger partial charge in [0, 0.05) is 6.54 Å². The van der Waals surface area contributed by atoms with Gasteiger partial charge in [0.25, 0.3) is 5.91 Å². The van der Waals surface area contributed by atoms with Gasteiger partial charge in [-0.3, -0.25) is 14.9 Å². The van der Waals surface area contributed by atoms with E-state index in [1.165, 1.54) is 4.90 Å². The molecule has 2 aliphatic rings. The molecule has 1 saturated heterocycles. The van der Waals surface area contributed by atoms with Gasteiger partial charge in [-0.1, -0.05) is 12.8 Å². The zero-order valence-electron chi connectivity index (χ0n) is 10.7. The summed E-state index contributed by atoms with van der Waals surface area (Å²) in [4.78, 5) is 36.4. The molecular weight excluding hydrogens is 236 g/mol. The molecular formula is C12H18N2O4. The van der Waals surface area contributed by atoms with Gasteiger partial charge in [0.2, 0.25) is 0 Å². The van der Waals surface area contributed by atoms with E-state index in [0.29, 0.717) is 12.8 Å². The fourth-order valence-electron chi connectivity index (χ4n) is 2.74. The maximum Gasteiger partial charge on any atom is 0.325 e. The minimum Gasteiger partial charge on any atom is -0.481 e. The summed E-state index contributed by atoms with van der Waals surface area (Å²) in [5.74, 6) is -1.24. The normalized spacial score (nSPS) is 22.7. The Morgan fingerprint density at radius 3 is 2.44 bits per heavy atom. The monoisotopic (exact) mass is 254 g/mol. The molecule has 1 aliphatic heterocycles. The zero-order valence-corrected chi connectivity index (χ0v) is 10.7. The van der Waals surface area contributed by atoms with Crippen molar-refractivity contribution in [3.63, 3.8) is 0 Å². The Labute approximate surface area is 105 Å². The number of carboxylic acid groups (broad SMARTS) is 1. The number of carbonyl (C=O) groups excluding carboxylic acids is 2. The Kier molecular flexibility index (Phi) is 2.83. The third-order valence-electron chi connectivity index (χ3n) is 3.97. The second kappa shape index (κ2) is 3.96. The number of urea groups is 1. The van der Waals surface area contributed by atoms with E-state index in [1.807, 2.05) is 0 Å². The molecule has 6 heteroatoms. The summed E-state index contributed by atoms with van der Waals surface area (Å²) in [6.07, 6.45) is 3.04. The Balaban J connectivity index is 2.27. The van der Waals surface area contributed by atoms with Crippen molar-refractivity contribution in [2.75, 3.05) is 6.54 Å². The first-order valence-corrected chi connectivity index (χ1v) is 6.16. The van der Waals surface area contributed by atoms with Crippen LogP contribution in [0.5, 0.6) is 0 Å². The molecule has 2 rings (SSSR count). The second-order valence-corrected chi connectivity index (χ2v) is 5.77. The predicted molar refractivity (Wildman–Crippen MR) is 62.9 cm³/mol. The van der Waals surface area contributed by atoms with Gasteiger partial charge in [0.05, 0.1) is 5.41 Å². The Hall–Kier alpha value is -1.59. The van der Waals surface area contributed by atoms with Gasteiger partial charge < -0.3 is 10.0 Å². The molecule has 0 unspecified atom stereocenters. The summed E-state index contributed by atoms with van der Waals surface area (Å²) in [5.41, 5.74) is -1.86. The van der Waals surface area contributed by atoms with Crippen molar-refractivity contribution < 1.29 is 19.5 Å². The van der Waals surface area contributed by atoms with Gasteiger partial charge in [0.15, 0.2) is 0 Å². The molecule has 1 spiro atoms. The summed E-state index contributed by atoms with van der Waals surface area (Å²) >= 11 is 0. The standard InChI is InChI=1S/C12H18N2O4/c1-11(2,9(16)17)7-14-10(18)13-8(15)12(14)5-3-4-6-12/h3-7H2,1-2H3,(H,16,17)(H,13,15,18). The summed E-state index contributed by atoms with van der Waals surface area (Å²) in [6, 6.07) is -0.462. The second-order valence-electron chi connectivity index (χ2n) is 5.77. The number of aliphatic carboxylic acids is 1. The first kappa shape index (κ1) is 12.9. The van der Waals surface area contributed by atoms with Crippen LogP contribution in [0.2, 0.25) is 0 Å². The minimum absolute atomic E-state index is 0.0555. The molecule has 0 aromatic heterocycles. The molecule has 0 aromatic carbocycles. The van der Waals surface area contributed by atoms with Crippen LogP contribution in [0.1, 0.15) is 39.5 Å². The molecule has 0 atom stereocenters. The first-order valence-electron chi connectivity index (χ1n) is 6.16. The Morgan fingerprint density at radius 2 is 1.94 bits per heavy atom. The van der Waals surface area contributed by atoms with Gasteiger partial charge in [0.1, 0.15) is 5.54 Å². The van der Waals surface area contributed by atoms with E-state index in [1.54, 1.807) is 13.8 Å². The number of rotatable bonds is 3. The number of nitrogens with zero attached hydrogens (tertiary/aromatic N) is 1. The van der Waals surface area contributed by atoms with Crippen LogP contribution in [0, 0.1) is 5.41 Å². The highest BCUT2D eigenvalue weighted by molar-refractivity contribution is 6.07. The lowest BCUT2D eigenvalue weighted by Gasteiger charge is -2.35. The van der Waals surface area contributed by atoms with Gasteiger partial charge in [-0.15, -0.1) is 0 Å². The molecule has 1 heterocycles. The van der Waals surface area contributed by atoms with Crippen molar-refractivity contribution in [2.45, 2.75) is 45.1 Å². The van der Waals surface area contributed by atoms with Gasteiger partial charge in [-0.05, 0) is 26.7 Å². The third kappa shape index (κ3) is 1.76. The van der Waals surface area contributed by atoms with Crippen LogP contribution in [0.3, 0.4) is 0 Å². The average molecular weight is 254 g/mol. The Bertz CT molecular complexity index is 410. The van der Waals surface area contributed by atoms with Crippen LogP contribution in [-0.2, 0) is 9.59 Å². The molecule has 3 amide bonds. The van der Waals surface area contributed by atoms with Crippen molar-refractivity contribution >= 4 is 17.9 Å². The maximum absolute atomic E-state index is 12.0. The predicted octanol–water partition coefficient (Wildman–Crippen LogP) is 0.962. The Morgan fingerprint density at radius 1 is 1.39 bits per heavy atom. The van der Waals surface area contributed by atoms with E-state index in [-0.39, 0.29) is 12.5 Å². The molecule has 0 radical (unpaired) electrons. The highest BCUT2D eigenvalue weighted by Crippen LogP contribution is 2.40. The smallest absolute Gasteiger partial charge is 0.325 e. The van der Waals surface area contributed by atoms with Crippen LogP contribution in [-0.4, -0.2) is 40.0 Å². The van der Waals surface area contributed by atoms with Crippen LogP contribution in [0.4, 0.5) is 4.79 Å². The quantitative estimate of drug-likeness (QED) is 0.734. The molecule has 2 fully saturated rings. The van der Waals surface area contributed by atoms with Crippen molar-refractivity contribution in [3.8, 4) is 0 Å². The lowest BCUT2D eigenvalue weighted by atomic mass is 9.89. The molecule has 0 aromatic rings. The minimum atomic E-state index is -1.06. The SMILES string of the molecule is CC(C)(CN1C(=O)NC(=O)C12CCCC2)C(=O)O. The number of amides is 3. The number of hydrogen-bond acceptors (Lipinski definition) is 3. The van der Waals surface area contributed by atoms with E-state index in [9.17, 15) is 14.4 Å². The van der Waals surface area contributed by atoms with Crippen LogP contribution >= 0.6 is 0 Å². The fraction of sp³-hybridized carbons (Fsp3) is 0.750. The fourth-order valence-corrected chi connectivity index (χ4v) is 2.74. The van der Waals surface area contributed by atoms with E-state index in [4.69, 9.17) is 5.11 Å². The summed E-state index contributed by atoms with van der Waals surface area (Å²) < 4.78 is 0. The molecule has 1 saturated carbocycles. The van der Waals surface area contributed by atoms with E-state index >= 15 is 0 Å². The number of imide groups is 1. The van der Waals surface area contributed by atoms with Gasteiger partial charge in [-0.2, -0.15) is 0 Å². The zero-order chi connectivity index (χ0) is 13.6. The number of nitrogens with one attached hydrogen (secondary N) is 1. The average Bonchev–Trinajstić information content (AvgIpc) is 2.82. The highest BCUT2D eigenvalue weighted by Gasteiger charge is 2.55. The lowest BCUT2D eigenvalue weighted by Crippen LogP contribution is -2.52. The highest BCUT2D eigenvalue weighted by atomic mass is 16.4. The molecule has 2 N–H and O–H groups in total.